The second-order valence-corrected chi connectivity index (χ2v) is 15.4. The Bertz CT molecular complexity index is 2060. The molecule has 6 N–H and O–H groups in total. The molecule has 2 aliphatic heterocycles. The van der Waals surface area contributed by atoms with Gasteiger partial charge in [0.25, 0.3) is 11.8 Å². The molecular weight excluding hydrogens is 803 g/mol. The van der Waals surface area contributed by atoms with Crippen LogP contribution in [0.5, 0.6) is 0 Å². The molecule has 12 nitrogen and oxygen atoms in total. The second-order valence-electron chi connectivity index (χ2n) is 14.5. The first-order chi connectivity index (χ1) is 27.2. The molecular formula is C40H42Cl2F4N8O4. The molecule has 4 heterocycles. The first-order valence-corrected chi connectivity index (χ1v) is 18.9. The zero-order valence-corrected chi connectivity index (χ0v) is 33.4. The second kappa shape index (κ2) is 17.6. The molecule has 2 aromatic heterocycles. The van der Waals surface area contributed by atoms with Crippen LogP contribution in [-0.4, -0.2) is 68.3 Å². The molecule has 0 spiro atoms. The minimum atomic E-state index is -2.97. The van der Waals surface area contributed by atoms with E-state index in [-0.39, 0.29) is 13.1 Å². The number of amides is 4. The lowest BCUT2D eigenvalue weighted by Gasteiger charge is -2.42. The van der Waals surface area contributed by atoms with Gasteiger partial charge < -0.3 is 31.9 Å². The summed E-state index contributed by atoms with van der Waals surface area (Å²) >= 11 is 12.0. The minimum absolute atomic E-state index is 0.255. The van der Waals surface area contributed by atoms with E-state index in [9.17, 15) is 36.7 Å². The van der Waals surface area contributed by atoms with Crippen molar-refractivity contribution in [3.8, 4) is 0 Å². The van der Waals surface area contributed by atoms with Gasteiger partial charge in [0.15, 0.2) is 0 Å². The Morgan fingerprint density at radius 2 is 1.03 bits per heavy atom. The van der Waals surface area contributed by atoms with Crippen LogP contribution >= 0.6 is 23.2 Å². The van der Waals surface area contributed by atoms with E-state index in [2.05, 4.69) is 20.6 Å². The number of alkyl halides is 4. The molecule has 0 radical (unpaired) electrons. The summed E-state index contributed by atoms with van der Waals surface area (Å²) in [5.41, 5.74) is 14.1. The van der Waals surface area contributed by atoms with Gasteiger partial charge in [0.2, 0.25) is 0 Å². The average molecular weight is 846 g/mol. The van der Waals surface area contributed by atoms with Gasteiger partial charge in [0.1, 0.15) is 11.6 Å². The third-order valence-electron chi connectivity index (χ3n) is 10.2. The maximum atomic E-state index is 14.4. The van der Waals surface area contributed by atoms with E-state index >= 15 is 0 Å². The molecule has 0 aliphatic carbocycles. The molecule has 0 unspecified atom stereocenters. The van der Waals surface area contributed by atoms with Crippen molar-refractivity contribution in [2.75, 3.05) is 35.2 Å². The number of halogens is 6. The molecule has 4 amide bonds. The highest BCUT2D eigenvalue weighted by molar-refractivity contribution is 6.40. The lowest BCUT2D eigenvalue weighted by atomic mass is 9.86. The zero-order chi connectivity index (χ0) is 42.7. The van der Waals surface area contributed by atoms with Gasteiger partial charge >= 0.3 is 23.6 Å². The average Bonchev–Trinajstić information content (AvgIpc) is 3.16. The molecule has 2 saturated heterocycles. The Balaban J connectivity index is 0.000000221. The third kappa shape index (κ3) is 10.1. The van der Waals surface area contributed by atoms with Gasteiger partial charge in [-0.3, -0.25) is 19.2 Å². The minimum Gasteiger partial charge on any atom is -0.383 e. The number of hydrogen-bond acceptors (Lipinski definition) is 8. The van der Waals surface area contributed by atoms with Crippen LogP contribution in [-0.2, 0) is 19.2 Å². The predicted molar refractivity (Wildman–Crippen MR) is 213 cm³/mol. The van der Waals surface area contributed by atoms with Crippen molar-refractivity contribution < 1.29 is 36.7 Å². The fourth-order valence-corrected chi connectivity index (χ4v) is 7.06. The number of pyridine rings is 2. The highest BCUT2D eigenvalue weighted by Gasteiger charge is 2.50. The summed E-state index contributed by atoms with van der Waals surface area (Å²) in [6.45, 7) is 5.64. The zero-order valence-electron chi connectivity index (χ0n) is 31.9. The number of rotatable bonds is 4. The largest absolute Gasteiger partial charge is 0.383 e. The summed E-state index contributed by atoms with van der Waals surface area (Å²) < 4.78 is 57.6. The summed E-state index contributed by atoms with van der Waals surface area (Å²) in [4.78, 5) is 61.1. The van der Waals surface area contributed by atoms with Crippen LogP contribution in [0.2, 0.25) is 10.0 Å². The number of anilines is 4. The lowest BCUT2D eigenvalue weighted by Crippen LogP contribution is -2.52. The normalized spacial score (nSPS) is 20.9. The highest BCUT2D eigenvalue weighted by Crippen LogP contribution is 2.45. The number of aryl methyl sites for hydroxylation is 2. The van der Waals surface area contributed by atoms with E-state index in [1.165, 1.54) is 48.2 Å². The standard InChI is InChI=1S/2C20H21ClF2N4O2/c2*1-11-6-15(9-25-17(11)24)26-18(28)19(29)27-10-12(2)20(22,23)8-16(27)13-4-3-5-14(21)7-13/h2*3-7,9,12,16H,8,10H2,1-2H3,(H2,24,25)(H,26,28)/t2*12-,16-/m10/s1. The van der Waals surface area contributed by atoms with E-state index in [4.69, 9.17) is 34.7 Å². The lowest BCUT2D eigenvalue weighted by molar-refractivity contribution is -0.159. The van der Waals surface area contributed by atoms with Crippen molar-refractivity contribution in [1.29, 1.82) is 0 Å². The number of carbonyl (C=O) groups excluding carboxylic acids is 4. The monoisotopic (exact) mass is 844 g/mol. The summed E-state index contributed by atoms with van der Waals surface area (Å²) in [6, 6.07) is 14.0. The number of nitrogen functional groups attached to an aromatic ring is 2. The van der Waals surface area contributed by atoms with E-state index < -0.39 is 72.2 Å². The smallest absolute Gasteiger partial charge is 0.313 e. The molecule has 2 fully saturated rings. The van der Waals surface area contributed by atoms with Gasteiger partial charge in [0.05, 0.1) is 35.9 Å². The first-order valence-electron chi connectivity index (χ1n) is 18.1. The fraction of sp³-hybridized carbons (Fsp3) is 0.350. The van der Waals surface area contributed by atoms with Gasteiger partial charge in [-0.1, -0.05) is 61.3 Å². The quantitative estimate of drug-likeness (QED) is 0.120. The molecule has 0 saturated carbocycles. The van der Waals surface area contributed by atoms with Gasteiger partial charge in [-0.05, 0) is 72.5 Å². The van der Waals surface area contributed by atoms with Crippen LogP contribution in [0.3, 0.4) is 0 Å². The van der Waals surface area contributed by atoms with E-state index in [0.29, 0.717) is 55.3 Å². The van der Waals surface area contributed by atoms with Crippen molar-refractivity contribution in [1.82, 2.24) is 19.8 Å². The molecule has 18 heteroatoms. The molecule has 2 aromatic carbocycles. The maximum absolute atomic E-state index is 14.4. The SMILES string of the molecule is Cc1cc(NC(=O)C(=O)N2C[C@@H](C)C(F)(F)C[C@@H]2c2cccc(Cl)c2)cnc1N.Cc1cc(NC(=O)C(=O)N2C[C@H](C)C(F)(F)C[C@H]2c2cccc(Cl)c2)cnc1N. The summed E-state index contributed by atoms with van der Waals surface area (Å²) in [6.07, 6.45) is 1.48. The fourth-order valence-electron chi connectivity index (χ4n) is 6.66. The van der Waals surface area contributed by atoms with Crippen LogP contribution in [0, 0.1) is 25.7 Å². The van der Waals surface area contributed by atoms with E-state index in [0.717, 1.165) is 0 Å². The Morgan fingerprint density at radius 1 is 0.672 bits per heavy atom. The third-order valence-corrected chi connectivity index (χ3v) is 10.7. The number of likely N-dealkylation sites (tertiary alicyclic amines) is 2. The number of carbonyl (C=O) groups is 4. The number of nitrogens with one attached hydrogen (secondary N) is 2. The maximum Gasteiger partial charge on any atom is 0.313 e. The number of benzene rings is 2. The number of nitrogens with two attached hydrogens (primary N) is 2. The molecule has 4 aromatic rings. The van der Waals surface area contributed by atoms with Gasteiger partial charge in [-0.25, -0.2) is 27.5 Å². The number of piperidine rings is 2. The Morgan fingerprint density at radius 3 is 1.36 bits per heavy atom. The summed E-state index contributed by atoms with van der Waals surface area (Å²) in [5, 5.41) is 5.66. The van der Waals surface area contributed by atoms with Crippen molar-refractivity contribution >= 4 is 69.8 Å². The summed E-state index contributed by atoms with van der Waals surface area (Å²) in [7, 11) is 0. The number of nitrogens with zero attached hydrogens (tertiary/aromatic N) is 4. The van der Waals surface area contributed by atoms with Crippen LogP contribution in [0.1, 0.15) is 61.0 Å². The van der Waals surface area contributed by atoms with Crippen LogP contribution < -0.4 is 22.1 Å². The predicted octanol–water partition coefficient (Wildman–Crippen LogP) is 7.62. The van der Waals surface area contributed by atoms with Crippen molar-refractivity contribution in [3.05, 3.63) is 105 Å². The Hall–Kier alpha value is -5.48. The van der Waals surface area contributed by atoms with Crippen molar-refractivity contribution in [2.45, 2.75) is 64.5 Å². The summed E-state index contributed by atoms with van der Waals surface area (Å²) in [5.74, 6) is -11.2. The molecule has 308 valence electrons. The van der Waals surface area contributed by atoms with Crippen molar-refractivity contribution in [2.24, 2.45) is 11.8 Å². The Kier molecular flexibility index (Phi) is 13.2. The molecule has 6 rings (SSSR count). The topological polar surface area (TPSA) is 177 Å². The first kappa shape index (κ1) is 43.6. The van der Waals surface area contributed by atoms with E-state index in [1.54, 1.807) is 62.4 Å². The Labute approximate surface area is 342 Å². The molecule has 4 atom stereocenters. The van der Waals surface area contributed by atoms with Crippen LogP contribution in [0.15, 0.2) is 73.1 Å². The van der Waals surface area contributed by atoms with Gasteiger partial charge in [0, 0.05) is 47.8 Å². The number of aromatic nitrogens is 2. The van der Waals surface area contributed by atoms with E-state index in [1.807, 2.05) is 0 Å². The van der Waals surface area contributed by atoms with Crippen LogP contribution in [0.4, 0.5) is 40.6 Å². The van der Waals surface area contributed by atoms with Gasteiger partial charge in [-0.2, -0.15) is 0 Å². The highest BCUT2D eigenvalue weighted by atomic mass is 35.5. The van der Waals surface area contributed by atoms with Crippen molar-refractivity contribution in [3.63, 3.8) is 0 Å². The number of hydrogen-bond donors (Lipinski definition) is 4. The molecule has 0 bridgehead atoms. The van der Waals surface area contributed by atoms with Crippen LogP contribution in [0.25, 0.3) is 0 Å². The molecule has 58 heavy (non-hydrogen) atoms. The molecule has 2 aliphatic rings. The van der Waals surface area contributed by atoms with Gasteiger partial charge in [-0.15, -0.1) is 0 Å².